The maximum absolute atomic E-state index is 10.9. The van der Waals surface area contributed by atoms with Crippen molar-refractivity contribution in [2.45, 2.75) is 0 Å². The second-order valence-corrected chi connectivity index (χ2v) is 4.67. The molecule has 3 aromatic rings. The van der Waals surface area contributed by atoms with Crippen molar-refractivity contribution in [1.82, 2.24) is 4.98 Å². The molecule has 22 heavy (non-hydrogen) atoms. The molecule has 0 fully saturated rings. The molecule has 0 saturated carbocycles. The Morgan fingerprint density at radius 1 is 1.18 bits per heavy atom. The van der Waals surface area contributed by atoms with Gasteiger partial charge >= 0.3 is 0 Å². The van der Waals surface area contributed by atoms with Crippen molar-refractivity contribution in [3.8, 4) is 12.3 Å². The van der Waals surface area contributed by atoms with Crippen molar-refractivity contribution in [2.75, 3.05) is 5.32 Å². The zero-order chi connectivity index (χ0) is 15.5. The van der Waals surface area contributed by atoms with Gasteiger partial charge in [-0.3, -0.25) is 15.1 Å². The predicted octanol–water partition coefficient (Wildman–Crippen LogP) is 3.87. The Kier molecular flexibility index (Phi) is 3.42. The second-order valence-electron chi connectivity index (χ2n) is 4.67. The lowest BCUT2D eigenvalue weighted by molar-refractivity contribution is -0.384. The average molecular weight is 289 g/mol. The summed E-state index contributed by atoms with van der Waals surface area (Å²) in [5, 5.41) is 14.9. The van der Waals surface area contributed by atoms with E-state index in [1.807, 2.05) is 24.3 Å². The van der Waals surface area contributed by atoms with Crippen LogP contribution in [0.3, 0.4) is 0 Å². The summed E-state index contributed by atoms with van der Waals surface area (Å²) in [4.78, 5) is 14.7. The minimum absolute atomic E-state index is 0.0286. The molecule has 0 amide bonds. The van der Waals surface area contributed by atoms with E-state index < -0.39 is 4.92 Å². The summed E-state index contributed by atoms with van der Waals surface area (Å²) < 4.78 is 0. The molecule has 5 nitrogen and oxygen atoms in total. The van der Waals surface area contributed by atoms with Gasteiger partial charge in [0.25, 0.3) is 5.69 Å². The Labute approximate surface area is 126 Å². The normalized spacial score (nSPS) is 10.1. The minimum atomic E-state index is -0.421. The zero-order valence-electron chi connectivity index (χ0n) is 11.5. The first-order chi connectivity index (χ1) is 10.7. The fourth-order valence-corrected chi connectivity index (χ4v) is 2.20. The van der Waals surface area contributed by atoms with Crippen LogP contribution in [0.15, 0.2) is 54.7 Å². The topological polar surface area (TPSA) is 68.1 Å². The molecule has 0 atom stereocenters. The average Bonchev–Trinajstić information content (AvgIpc) is 2.55. The van der Waals surface area contributed by atoms with E-state index in [9.17, 15) is 10.1 Å². The van der Waals surface area contributed by atoms with Crippen LogP contribution >= 0.6 is 0 Å². The number of nitrogens with one attached hydrogen (secondary N) is 1. The van der Waals surface area contributed by atoms with Gasteiger partial charge in [-0.15, -0.1) is 6.42 Å². The van der Waals surface area contributed by atoms with E-state index in [1.165, 1.54) is 12.1 Å². The molecular weight excluding hydrogens is 278 g/mol. The highest BCUT2D eigenvalue weighted by molar-refractivity contribution is 5.94. The zero-order valence-corrected chi connectivity index (χ0v) is 11.5. The molecule has 0 radical (unpaired) electrons. The molecule has 0 saturated heterocycles. The fraction of sp³-hybridized carbons (Fsp3) is 0. The number of aromatic nitrogens is 1. The quantitative estimate of drug-likeness (QED) is 0.451. The molecule has 106 valence electrons. The van der Waals surface area contributed by atoms with Crippen LogP contribution in [0.5, 0.6) is 0 Å². The van der Waals surface area contributed by atoms with E-state index in [1.54, 1.807) is 18.3 Å². The summed E-state index contributed by atoms with van der Waals surface area (Å²) in [6.07, 6.45) is 7.05. The number of non-ortho nitro benzene ring substituents is 1. The SMILES string of the molecule is C#Cc1cccc(Nc2ccnc3ccc([N+](=O)[O-])cc23)c1. The number of rotatable bonds is 3. The van der Waals surface area contributed by atoms with E-state index >= 15 is 0 Å². The fourth-order valence-electron chi connectivity index (χ4n) is 2.20. The van der Waals surface area contributed by atoms with Crippen LogP contribution < -0.4 is 5.32 Å². The summed E-state index contributed by atoms with van der Waals surface area (Å²) in [6.45, 7) is 0. The molecule has 1 N–H and O–H groups in total. The van der Waals surface area contributed by atoms with Gasteiger partial charge in [0.05, 0.1) is 10.4 Å². The lowest BCUT2D eigenvalue weighted by atomic mass is 10.1. The van der Waals surface area contributed by atoms with Crippen molar-refractivity contribution in [1.29, 1.82) is 0 Å². The highest BCUT2D eigenvalue weighted by Crippen LogP contribution is 2.28. The minimum Gasteiger partial charge on any atom is -0.355 e. The Bertz CT molecular complexity index is 913. The number of hydrogen-bond donors (Lipinski definition) is 1. The number of anilines is 2. The van der Waals surface area contributed by atoms with Gasteiger partial charge in [-0.2, -0.15) is 0 Å². The Balaban J connectivity index is 2.08. The lowest BCUT2D eigenvalue weighted by Crippen LogP contribution is -1.94. The Morgan fingerprint density at radius 2 is 2.05 bits per heavy atom. The number of benzene rings is 2. The van der Waals surface area contributed by atoms with Crippen molar-refractivity contribution in [3.05, 3.63) is 70.4 Å². The van der Waals surface area contributed by atoms with E-state index in [-0.39, 0.29) is 5.69 Å². The smallest absolute Gasteiger partial charge is 0.270 e. The first-order valence-corrected chi connectivity index (χ1v) is 6.54. The number of terminal acetylenes is 1. The van der Waals surface area contributed by atoms with Crippen LogP contribution in [-0.4, -0.2) is 9.91 Å². The summed E-state index contributed by atoms with van der Waals surface area (Å²) in [6, 6.07) is 13.8. The van der Waals surface area contributed by atoms with E-state index in [4.69, 9.17) is 6.42 Å². The molecule has 1 heterocycles. The number of fused-ring (bicyclic) bond motifs is 1. The van der Waals surface area contributed by atoms with Gasteiger partial charge in [0.1, 0.15) is 0 Å². The van der Waals surface area contributed by atoms with Gasteiger partial charge in [0.15, 0.2) is 0 Å². The van der Waals surface area contributed by atoms with E-state index in [2.05, 4.69) is 16.2 Å². The summed E-state index contributed by atoms with van der Waals surface area (Å²) in [5.74, 6) is 2.57. The standard InChI is InChI=1S/C17H11N3O2/c1-2-12-4-3-5-13(10-12)19-17-8-9-18-16-7-6-14(20(21)22)11-15(16)17/h1,3-11H,(H,18,19). The maximum Gasteiger partial charge on any atom is 0.270 e. The van der Waals surface area contributed by atoms with E-state index in [0.29, 0.717) is 10.9 Å². The van der Waals surface area contributed by atoms with Crippen molar-refractivity contribution >= 4 is 28.0 Å². The molecule has 0 unspecified atom stereocenters. The summed E-state index contributed by atoms with van der Waals surface area (Å²) >= 11 is 0. The van der Waals surface area contributed by atoms with Gasteiger partial charge in [-0.05, 0) is 30.3 Å². The summed E-state index contributed by atoms with van der Waals surface area (Å²) in [5.41, 5.74) is 3.02. The Hall–Kier alpha value is -3.39. The van der Waals surface area contributed by atoms with Crippen LogP contribution in [0, 0.1) is 22.5 Å². The molecule has 0 bridgehead atoms. The third-order valence-corrected chi connectivity index (χ3v) is 3.24. The number of pyridine rings is 1. The molecule has 0 spiro atoms. The van der Waals surface area contributed by atoms with E-state index in [0.717, 1.165) is 16.9 Å². The number of nitrogens with zero attached hydrogens (tertiary/aromatic N) is 2. The number of nitro groups is 1. The maximum atomic E-state index is 10.9. The lowest BCUT2D eigenvalue weighted by Gasteiger charge is -2.09. The number of hydrogen-bond acceptors (Lipinski definition) is 4. The molecule has 2 aromatic carbocycles. The second kappa shape index (κ2) is 5.54. The van der Waals surface area contributed by atoms with Gasteiger partial charge in [0.2, 0.25) is 0 Å². The Morgan fingerprint density at radius 3 is 2.82 bits per heavy atom. The van der Waals surface area contributed by atoms with Crippen LogP contribution in [0.25, 0.3) is 10.9 Å². The first-order valence-electron chi connectivity index (χ1n) is 6.54. The van der Waals surface area contributed by atoms with Crippen LogP contribution in [0.1, 0.15) is 5.56 Å². The molecule has 0 aliphatic heterocycles. The van der Waals surface area contributed by atoms with Gasteiger partial charge < -0.3 is 5.32 Å². The van der Waals surface area contributed by atoms with Gasteiger partial charge in [-0.1, -0.05) is 12.0 Å². The molecule has 1 aromatic heterocycles. The third kappa shape index (κ3) is 2.58. The first kappa shape index (κ1) is 13.6. The van der Waals surface area contributed by atoms with Crippen LogP contribution in [0.2, 0.25) is 0 Å². The molecular formula is C17H11N3O2. The van der Waals surface area contributed by atoms with Crippen molar-refractivity contribution in [2.24, 2.45) is 0 Å². The molecule has 3 rings (SSSR count). The highest BCUT2D eigenvalue weighted by atomic mass is 16.6. The monoisotopic (exact) mass is 289 g/mol. The highest BCUT2D eigenvalue weighted by Gasteiger charge is 2.09. The molecule has 5 heteroatoms. The third-order valence-electron chi connectivity index (χ3n) is 3.24. The largest absolute Gasteiger partial charge is 0.355 e. The summed E-state index contributed by atoms with van der Waals surface area (Å²) in [7, 11) is 0. The van der Waals surface area contributed by atoms with Crippen molar-refractivity contribution in [3.63, 3.8) is 0 Å². The van der Waals surface area contributed by atoms with Crippen LogP contribution in [0.4, 0.5) is 17.1 Å². The van der Waals surface area contributed by atoms with Gasteiger partial charge in [-0.25, -0.2) is 0 Å². The van der Waals surface area contributed by atoms with Gasteiger partial charge in [0, 0.05) is 40.7 Å². The molecule has 0 aliphatic rings. The molecule has 0 aliphatic carbocycles. The predicted molar refractivity (Wildman–Crippen MR) is 86.1 cm³/mol. The van der Waals surface area contributed by atoms with Crippen molar-refractivity contribution < 1.29 is 4.92 Å². The number of nitro benzene ring substituents is 1. The van der Waals surface area contributed by atoms with Crippen LogP contribution in [-0.2, 0) is 0 Å².